The highest BCUT2D eigenvalue weighted by Crippen LogP contribution is 2.62. The number of hydrogen-bond donors (Lipinski definition) is 4. The van der Waals surface area contributed by atoms with Gasteiger partial charge in [-0.15, -0.1) is 11.3 Å². The first kappa shape index (κ1) is 27.4. The van der Waals surface area contributed by atoms with Gasteiger partial charge in [0, 0.05) is 47.1 Å². The summed E-state index contributed by atoms with van der Waals surface area (Å²) in [5.41, 5.74) is 0.847. The molecule has 2 amide bonds. The number of pyridine rings is 1. The van der Waals surface area contributed by atoms with Crippen molar-refractivity contribution in [1.29, 1.82) is 0 Å². The summed E-state index contributed by atoms with van der Waals surface area (Å²) >= 11 is 1.35. The van der Waals surface area contributed by atoms with Crippen molar-refractivity contribution in [2.45, 2.75) is 58.1 Å². The summed E-state index contributed by atoms with van der Waals surface area (Å²) < 4.78 is 13.3. The maximum atomic E-state index is 13.3. The molecule has 0 spiro atoms. The molecule has 39 heavy (non-hydrogen) atoms. The van der Waals surface area contributed by atoms with E-state index in [1.54, 1.807) is 12.4 Å². The normalized spacial score (nSPS) is 27.8. The number of aliphatic hydroxyl groups excluding tert-OH is 2. The molecule has 0 radical (unpaired) electrons. The van der Waals surface area contributed by atoms with Crippen molar-refractivity contribution in [3.63, 3.8) is 0 Å². The third-order valence-electron chi connectivity index (χ3n) is 8.82. The number of halogens is 1. The number of aliphatic hydroxyl groups is 2. The maximum absolute atomic E-state index is 13.3. The van der Waals surface area contributed by atoms with Crippen LogP contribution in [-0.2, 0) is 17.8 Å². The van der Waals surface area contributed by atoms with E-state index in [4.69, 9.17) is 4.98 Å². The van der Waals surface area contributed by atoms with Crippen LogP contribution in [0.2, 0.25) is 0 Å². The van der Waals surface area contributed by atoms with E-state index in [1.807, 2.05) is 19.1 Å². The van der Waals surface area contributed by atoms with Crippen LogP contribution in [0.25, 0.3) is 0 Å². The number of anilines is 1. The summed E-state index contributed by atoms with van der Waals surface area (Å²) in [7, 11) is 0. The lowest BCUT2D eigenvalue weighted by Crippen LogP contribution is -2.57. The van der Waals surface area contributed by atoms with E-state index < -0.39 is 28.7 Å². The van der Waals surface area contributed by atoms with Crippen molar-refractivity contribution in [3.05, 3.63) is 76.3 Å². The first-order chi connectivity index (χ1) is 18.6. The smallest absolute Gasteiger partial charge is 0.257 e. The minimum atomic E-state index is -0.739. The predicted octanol–water partition coefficient (Wildman–Crippen LogP) is 4.05. The van der Waals surface area contributed by atoms with Gasteiger partial charge in [-0.1, -0.05) is 19.9 Å². The number of aromatic nitrogens is 2. The molecule has 2 aliphatic carbocycles. The Morgan fingerprint density at radius 2 is 1.97 bits per heavy atom. The van der Waals surface area contributed by atoms with Gasteiger partial charge in [0.1, 0.15) is 5.82 Å². The van der Waals surface area contributed by atoms with Crippen LogP contribution >= 0.6 is 11.3 Å². The van der Waals surface area contributed by atoms with Gasteiger partial charge in [0.25, 0.3) is 5.91 Å². The number of nitrogens with one attached hydrogen (secondary N) is 2. The van der Waals surface area contributed by atoms with Crippen molar-refractivity contribution in [2.24, 2.45) is 16.7 Å². The zero-order valence-electron chi connectivity index (χ0n) is 22.0. The molecule has 206 valence electrons. The fourth-order valence-corrected chi connectivity index (χ4v) is 7.49. The Hall–Kier alpha value is -3.21. The molecule has 8 nitrogen and oxygen atoms in total. The Bertz CT molecular complexity index is 1350. The van der Waals surface area contributed by atoms with Gasteiger partial charge >= 0.3 is 0 Å². The van der Waals surface area contributed by atoms with E-state index in [0.717, 1.165) is 16.1 Å². The van der Waals surface area contributed by atoms with E-state index >= 15 is 0 Å². The van der Waals surface area contributed by atoms with Gasteiger partial charge in [0.15, 0.2) is 5.13 Å². The molecule has 5 rings (SSSR count). The summed E-state index contributed by atoms with van der Waals surface area (Å²) in [6, 6.07) is 9.01. The summed E-state index contributed by atoms with van der Waals surface area (Å²) in [6.07, 6.45) is 4.70. The Morgan fingerprint density at radius 3 is 2.67 bits per heavy atom. The van der Waals surface area contributed by atoms with Crippen LogP contribution in [0.15, 0.2) is 48.8 Å². The Balaban J connectivity index is 1.45. The number of amides is 2. The summed E-state index contributed by atoms with van der Waals surface area (Å²) in [5, 5.41) is 27.6. The Kier molecular flexibility index (Phi) is 7.54. The van der Waals surface area contributed by atoms with E-state index in [1.165, 1.54) is 35.6 Å². The first-order valence-corrected chi connectivity index (χ1v) is 14.0. The van der Waals surface area contributed by atoms with Crippen molar-refractivity contribution in [3.8, 4) is 0 Å². The third kappa shape index (κ3) is 5.20. The molecule has 0 aliphatic heterocycles. The number of fused-ring (bicyclic) bond motifs is 2. The summed E-state index contributed by atoms with van der Waals surface area (Å²) in [6.45, 7) is 4.24. The highest BCUT2D eigenvalue weighted by Gasteiger charge is 2.59. The molecule has 2 aliphatic rings. The van der Waals surface area contributed by atoms with E-state index in [0.29, 0.717) is 36.5 Å². The SMILES string of the molecule is CC1(CO)C(O)CCC2(C)C(CC(=O)NCc3cccnc3)c3nc(NC(=O)c4ccc(F)cc4)sc3CC12. The van der Waals surface area contributed by atoms with Gasteiger partial charge in [-0.3, -0.25) is 19.9 Å². The Labute approximate surface area is 230 Å². The van der Waals surface area contributed by atoms with Gasteiger partial charge in [-0.05, 0) is 66.5 Å². The number of nitrogens with zero attached hydrogens (tertiary/aromatic N) is 2. The number of hydrogen-bond acceptors (Lipinski definition) is 7. The highest BCUT2D eigenvalue weighted by atomic mass is 32.1. The van der Waals surface area contributed by atoms with Gasteiger partial charge in [-0.2, -0.15) is 0 Å². The van der Waals surface area contributed by atoms with Crippen LogP contribution in [0.4, 0.5) is 9.52 Å². The average Bonchev–Trinajstić information content (AvgIpc) is 3.34. The van der Waals surface area contributed by atoms with Crippen molar-refractivity contribution >= 4 is 28.3 Å². The standard InChI is InChI=1S/C29H33FN4O4S/c1-28-10-9-23(36)29(2,16-35)22(28)13-21-25(20(28)12-24(37)32-15-17-4-3-11-31-14-17)33-27(39-21)34-26(38)18-5-7-19(30)8-6-18/h3-8,11,14,20,22-23,35-36H,9-10,12-13,15-16H2,1-2H3,(H,32,37)(H,33,34,38). The highest BCUT2D eigenvalue weighted by molar-refractivity contribution is 7.15. The molecular weight excluding hydrogens is 519 g/mol. The van der Waals surface area contributed by atoms with Crippen LogP contribution in [0.5, 0.6) is 0 Å². The molecular formula is C29H33FN4O4S. The summed E-state index contributed by atoms with van der Waals surface area (Å²) in [5.74, 6) is -1.31. The minimum absolute atomic E-state index is 0.0940. The second-order valence-electron chi connectivity index (χ2n) is 11.2. The van der Waals surface area contributed by atoms with Crippen molar-refractivity contribution in [2.75, 3.05) is 11.9 Å². The number of carbonyl (C=O) groups is 2. The lowest BCUT2D eigenvalue weighted by molar-refractivity contribution is -0.144. The van der Waals surface area contributed by atoms with Gasteiger partial charge in [0.05, 0.1) is 18.4 Å². The predicted molar refractivity (Wildman–Crippen MR) is 146 cm³/mol. The fraction of sp³-hybridized carbons (Fsp3) is 0.448. The van der Waals surface area contributed by atoms with Crippen LogP contribution in [-0.4, -0.2) is 44.7 Å². The van der Waals surface area contributed by atoms with Crippen LogP contribution in [0, 0.1) is 22.6 Å². The lowest BCUT2D eigenvalue weighted by atomic mass is 9.47. The number of rotatable bonds is 7. The summed E-state index contributed by atoms with van der Waals surface area (Å²) in [4.78, 5) is 35.9. The zero-order chi connectivity index (χ0) is 27.8. The molecule has 2 aromatic heterocycles. The third-order valence-corrected chi connectivity index (χ3v) is 9.83. The minimum Gasteiger partial charge on any atom is -0.396 e. The molecule has 10 heteroatoms. The van der Waals surface area contributed by atoms with Crippen LogP contribution < -0.4 is 10.6 Å². The lowest BCUT2D eigenvalue weighted by Gasteiger charge is -2.58. The molecule has 4 N–H and O–H groups in total. The molecule has 5 atom stereocenters. The molecule has 1 fully saturated rings. The molecule has 3 aromatic rings. The quantitative estimate of drug-likeness (QED) is 0.351. The fourth-order valence-electron chi connectivity index (χ4n) is 6.43. The monoisotopic (exact) mass is 552 g/mol. The number of benzene rings is 1. The second kappa shape index (κ2) is 10.7. The van der Waals surface area contributed by atoms with Crippen molar-refractivity contribution in [1.82, 2.24) is 15.3 Å². The van der Waals surface area contributed by atoms with Gasteiger partial charge in [0.2, 0.25) is 5.91 Å². The van der Waals surface area contributed by atoms with Gasteiger partial charge < -0.3 is 15.5 Å². The van der Waals surface area contributed by atoms with Gasteiger partial charge in [-0.25, -0.2) is 9.37 Å². The molecule has 1 saturated carbocycles. The molecule has 0 saturated heterocycles. The van der Waals surface area contributed by atoms with E-state index in [-0.39, 0.29) is 30.8 Å². The molecule has 5 unspecified atom stereocenters. The largest absolute Gasteiger partial charge is 0.396 e. The molecule has 2 heterocycles. The molecule has 0 bridgehead atoms. The van der Waals surface area contributed by atoms with E-state index in [2.05, 4.69) is 22.5 Å². The van der Waals surface area contributed by atoms with E-state index in [9.17, 15) is 24.2 Å². The Morgan fingerprint density at radius 1 is 1.21 bits per heavy atom. The zero-order valence-corrected chi connectivity index (χ0v) is 22.8. The number of carbonyl (C=O) groups excluding carboxylic acids is 2. The molecule has 1 aromatic carbocycles. The average molecular weight is 553 g/mol. The maximum Gasteiger partial charge on any atom is 0.257 e. The topological polar surface area (TPSA) is 124 Å². The second-order valence-corrected chi connectivity index (χ2v) is 12.2. The van der Waals surface area contributed by atoms with Crippen molar-refractivity contribution < 1.29 is 24.2 Å². The van der Waals surface area contributed by atoms with Crippen LogP contribution in [0.1, 0.15) is 65.5 Å². The first-order valence-electron chi connectivity index (χ1n) is 13.1. The van der Waals surface area contributed by atoms with Crippen LogP contribution in [0.3, 0.4) is 0 Å². The number of thiazole rings is 1.